The summed E-state index contributed by atoms with van der Waals surface area (Å²) in [4.78, 5) is 12.0. The van der Waals surface area contributed by atoms with Crippen LogP contribution >= 0.6 is 0 Å². The lowest BCUT2D eigenvalue weighted by Crippen LogP contribution is -2.24. The molecular formula is C17H21N3O3. The summed E-state index contributed by atoms with van der Waals surface area (Å²) in [5, 5.41) is 7.13. The van der Waals surface area contributed by atoms with Crippen LogP contribution in [0.4, 0.5) is 5.82 Å². The molecule has 1 N–H and O–H groups in total. The Kier molecular flexibility index (Phi) is 3.98. The molecule has 3 rings (SSSR count). The number of aryl methyl sites for hydroxylation is 1. The molecule has 2 aromatic rings. The van der Waals surface area contributed by atoms with E-state index in [0.717, 1.165) is 16.9 Å². The molecule has 23 heavy (non-hydrogen) atoms. The van der Waals surface area contributed by atoms with Crippen LogP contribution in [0.2, 0.25) is 0 Å². The zero-order chi connectivity index (χ0) is 16.6. The average molecular weight is 315 g/mol. The average Bonchev–Trinajstić information content (AvgIpc) is 2.88. The van der Waals surface area contributed by atoms with Gasteiger partial charge in [-0.2, -0.15) is 5.10 Å². The van der Waals surface area contributed by atoms with Crippen LogP contribution in [-0.2, 0) is 11.8 Å². The van der Waals surface area contributed by atoms with Gasteiger partial charge in [-0.1, -0.05) is 6.07 Å². The molecule has 0 unspecified atom stereocenters. The molecule has 6 nitrogen and oxygen atoms in total. The number of ether oxygens (including phenoxy) is 2. The summed E-state index contributed by atoms with van der Waals surface area (Å²) in [5.74, 6) is 2.10. The SMILES string of the molecule is COc1cc([C@H]2CC(=O)Nc3c2cnn3C)ccc1OC(C)C. The molecule has 1 aromatic heterocycles. The van der Waals surface area contributed by atoms with Crippen LogP contribution in [0, 0.1) is 0 Å². The highest BCUT2D eigenvalue weighted by atomic mass is 16.5. The number of hydrogen-bond donors (Lipinski definition) is 1. The number of fused-ring (bicyclic) bond motifs is 1. The number of carbonyl (C=O) groups excluding carboxylic acids is 1. The van der Waals surface area contributed by atoms with Gasteiger partial charge >= 0.3 is 0 Å². The Morgan fingerprint density at radius 3 is 2.83 bits per heavy atom. The van der Waals surface area contributed by atoms with E-state index in [1.807, 2.05) is 45.3 Å². The Balaban J connectivity index is 2.00. The van der Waals surface area contributed by atoms with E-state index in [-0.39, 0.29) is 17.9 Å². The van der Waals surface area contributed by atoms with Gasteiger partial charge in [0.25, 0.3) is 0 Å². The lowest BCUT2D eigenvalue weighted by Gasteiger charge is -2.24. The van der Waals surface area contributed by atoms with Gasteiger partial charge in [0.15, 0.2) is 11.5 Å². The molecule has 6 heteroatoms. The summed E-state index contributed by atoms with van der Waals surface area (Å²) >= 11 is 0. The minimum absolute atomic E-state index is 0.00688. The summed E-state index contributed by atoms with van der Waals surface area (Å²) in [6, 6.07) is 5.83. The maximum Gasteiger partial charge on any atom is 0.226 e. The number of benzene rings is 1. The first kappa shape index (κ1) is 15.4. The van der Waals surface area contributed by atoms with E-state index < -0.39 is 0 Å². The van der Waals surface area contributed by atoms with E-state index in [2.05, 4.69) is 10.4 Å². The first-order valence-electron chi connectivity index (χ1n) is 7.66. The lowest BCUT2D eigenvalue weighted by molar-refractivity contribution is -0.116. The molecule has 0 saturated heterocycles. The standard InChI is InChI=1S/C17H21N3O3/c1-10(2)23-14-6-5-11(7-15(14)22-4)12-8-16(21)19-17-13(12)9-18-20(17)3/h5-7,9-10,12H,8H2,1-4H3,(H,19,21)/t12-/m1/s1. The van der Waals surface area contributed by atoms with Gasteiger partial charge in [-0.15, -0.1) is 0 Å². The second kappa shape index (κ2) is 5.95. The molecule has 122 valence electrons. The maximum absolute atomic E-state index is 12.0. The van der Waals surface area contributed by atoms with Crippen molar-refractivity contribution in [3.63, 3.8) is 0 Å². The predicted octanol–water partition coefficient (Wildman–Crippen LogP) is 2.69. The number of anilines is 1. The molecule has 0 bridgehead atoms. The predicted molar refractivity (Wildman–Crippen MR) is 87.1 cm³/mol. The number of hydrogen-bond acceptors (Lipinski definition) is 4. The van der Waals surface area contributed by atoms with E-state index in [0.29, 0.717) is 17.9 Å². The van der Waals surface area contributed by atoms with Gasteiger partial charge in [-0.3, -0.25) is 9.48 Å². The Hall–Kier alpha value is -2.50. The van der Waals surface area contributed by atoms with Crippen molar-refractivity contribution in [2.45, 2.75) is 32.3 Å². The number of carbonyl (C=O) groups is 1. The van der Waals surface area contributed by atoms with Crippen LogP contribution in [0.3, 0.4) is 0 Å². The number of amides is 1. The minimum atomic E-state index is -0.0329. The molecule has 1 atom stereocenters. The Morgan fingerprint density at radius 2 is 2.13 bits per heavy atom. The highest BCUT2D eigenvalue weighted by Gasteiger charge is 2.29. The molecule has 2 heterocycles. The molecule has 0 aliphatic carbocycles. The van der Waals surface area contributed by atoms with E-state index in [1.54, 1.807) is 11.8 Å². The van der Waals surface area contributed by atoms with Crippen LogP contribution < -0.4 is 14.8 Å². The first-order valence-corrected chi connectivity index (χ1v) is 7.66. The van der Waals surface area contributed by atoms with Crippen molar-refractivity contribution >= 4 is 11.7 Å². The second-order valence-electron chi connectivity index (χ2n) is 5.95. The van der Waals surface area contributed by atoms with Gasteiger partial charge in [-0.05, 0) is 31.5 Å². The Morgan fingerprint density at radius 1 is 1.35 bits per heavy atom. The van der Waals surface area contributed by atoms with Gasteiger partial charge in [0.1, 0.15) is 5.82 Å². The fourth-order valence-electron chi connectivity index (χ4n) is 2.89. The smallest absolute Gasteiger partial charge is 0.226 e. The minimum Gasteiger partial charge on any atom is -0.493 e. The summed E-state index contributed by atoms with van der Waals surface area (Å²) in [6.07, 6.45) is 2.27. The molecule has 0 saturated carbocycles. The van der Waals surface area contributed by atoms with Gasteiger partial charge in [0.2, 0.25) is 5.91 Å². The van der Waals surface area contributed by atoms with Crippen LogP contribution in [0.25, 0.3) is 0 Å². The van der Waals surface area contributed by atoms with E-state index in [4.69, 9.17) is 9.47 Å². The van der Waals surface area contributed by atoms with Crippen molar-refractivity contribution in [3.05, 3.63) is 35.5 Å². The molecule has 0 fully saturated rings. The molecule has 1 aromatic carbocycles. The zero-order valence-corrected chi connectivity index (χ0v) is 13.8. The van der Waals surface area contributed by atoms with Crippen molar-refractivity contribution in [3.8, 4) is 11.5 Å². The number of methoxy groups -OCH3 is 1. The third kappa shape index (κ3) is 2.88. The van der Waals surface area contributed by atoms with Crippen LogP contribution in [0.5, 0.6) is 11.5 Å². The van der Waals surface area contributed by atoms with E-state index >= 15 is 0 Å². The van der Waals surface area contributed by atoms with E-state index in [9.17, 15) is 4.79 Å². The third-order valence-electron chi connectivity index (χ3n) is 3.94. The maximum atomic E-state index is 12.0. The van der Waals surface area contributed by atoms with Crippen molar-refractivity contribution in [2.75, 3.05) is 12.4 Å². The van der Waals surface area contributed by atoms with Crippen LogP contribution in [0.1, 0.15) is 37.3 Å². The number of rotatable bonds is 4. The highest BCUT2D eigenvalue weighted by Crippen LogP contribution is 2.39. The second-order valence-corrected chi connectivity index (χ2v) is 5.95. The third-order valence-corrected chi connectivity index (χ3v) is 3.94. The molecular weight excluding hydrogens is 294 g/mol. The monoisotopic (exact) mass is 315 g/mol. The Bertz CT molecular complexity index is 737. The summed E-state index contributed by atoms with van der Waals surface area (Å²) in [7, 11) is 3.44. The van der Waals surface area contributed by atoms with Crippen molar-refractivity contribution in [1.82, 2.24) is 9.78 Å². The van der Waals surface area contributed by atoms with Gasteiger partial charge in [0, 0.05) is 24.9 Å². The largest absolute Gasteiger partial charge is 0.493 e. The van der Waals surface area contributed by atoms with Gasteiger partial charge in [-0.25, -0.2) is 0 Å². The summed E-state index contributed by atoms with van der Waals surface area (Å²) < 4.78 is 12.9. The molecule has 0 spiro atoms. The fourth-order valence-corrected chi connectivity index (χ4v) is 2.89. The summed E-state index contributed by atoms with van der Waals surface area (Å²) in [5.41, 5.74) is 2.04. The van der Waals surface area contributed by atoms with Crippen LogP contribution in [-0.4, -0.2) is 28.9 Å². The van der Waals surface area contributed by atoms with Crippen LogP contribution in [0.15, 0.2) is 24.4 Å². The van der Waals surface area contributed by atoms with Gasteiger partial charge in [0.05, 0.1) is 19.4 Å². The Labute approximate surface area is 135 Å². The number of nitrogens with zero attached hydrogens (tertiary/aromatic N) is 2. The summed E-state index contributed by atoms with van der Waals surface area (Å²) in [6.45, 7) is 3.95. The van der Waals surface area contributed by atoms with Crippen molar-refractivity contribution in [1.29, 1.82) is 0 Å². The van der Waals surface area contributed by atoms with E-state index in [1.165, 1.54) is 0 Å². The number of nitrogens with one attached hydrogen (secondary N) is 1. The molecule has 1 aliphatic heterocycles. The molecule has 1 aliphatic rings. The quantitative estimate of drug-likeness (QED) is 0.942. The van der Waals surface area contributed by atoms with Crippen molar-refractivity contribution in [2.24, 2.45) is 7.05 Å². The fraction of sp³-hybridized carbons (Fsp3) is 0.412. The highest BCUT2D eigenvalue weighted by molar-refractivity contribution is 5.94. The zero-order valence-electron chi connectivity index (χ0n) is 13.8. The first-order chi connectivity index (χ1) is 11.0. The normalized spacial score (nSPS) is 16.9. The van der Waals surface area contributed by atoms with Gasteiger partial charge < -0.3 is 14.8 Å². The molecule has 0 radical (unpaired) electrons. The molecule has 1 amide bonds. The lowest BCUT2D eigenvalue weighted by atomic mass is 9.87. The van der Waals surface area contributed by atoms with Crippen molar-refractivity contribution < 1.29 is 14.3 Å². The topological polar surface area (TPSA) is 65.4 Å². The number of aromatic nitrogens is 2.